The van der Waals surface area contributed by atoms with Crippen LogP contribution in [0, 0.1) is 10.1 Å². The van der Waals surface area contributed by atoms with Crippen LogP contribution >= 0.6 is 0 Å². The third kappa shape index (κ3) is 4.13. The average molecular weight is 329 g/mol. The maximum atomic E-state index is 12.7. The SMILES string of the molecule is CCOC(=O)CN(C(=O)c1ccncc1)c1ccc([N+](=O)[O-])cc1. The Balaban J connectivity index is 2.33. The Kier molecular flexibility index (Phi) is 5.56. The summed E-state index contributed by atoms with van der Waals surface area (Å²) in [5.41, 5.74) is 0.592. The number of ether oxygens (including phenoxy) is 1. The number of nitro groups is 1. The van der Waals surface area contributed by atoms with E-state index in [-0.39, 0.29) is 18.8 Å². The summed E-state index contributed by atoms with van der Waals surface area (Å²) in [7, 11) is 0. The maximum Gasteiger partial charge on any atom is 0.326 e. The second-order valence-electron chi connectivity index (χ2n) is 4.71. The van der Waals surface area contributed by atoms with Crippen molar-refractivity contribution in [3.05, 3.63) is 64.5 Å². The fraction of sp³-hybridized carbons (Fsp3) is 0.188. The first-order valence-corrected chi connectivity index (χ1v) is 7.15. The molecule has 0 aliphatic rings. The second-order valence-corrected chi connectivity index (χ2v) is 4.71. The first-order chi connectivity index (χ1) is 11.5. The zero-order valence-corrected chi connectivity index (χ0v) is 12.9. The van der Waals surface area contributed by atoms with Crippen LogP contribution in [0.4, 0.5) is 11.4 Å². The van der Waals surface area contributed by atoms with Gasteiger partial charge in [-0.25, -0.2) is 0 Å². The number of benzene rings is 1. The molecule has 0 N–H and O–H groups in total. The topological polar surface area (TPSA) is 103 Å². The van der Waals surface area contributed by atoms with Crippen molar-refractivity contribution < 1.29 is 19.2 Å². The van der Waals surface area contributed by atoms with Crippen LogP contribution in [0.5, 0.6) is 0 Å². The number of nitro benzene ring substituents is 1. The van der Waals surface area contributed by atoms with Crippen molar-refractivity contribution in [2.24, 2.45) is 0 Å². The molecule has 1 aromatic carbocycles. The average Bonchev–Trinajstić information content (AvgIpc) is 2.60. The van der Waals surface area contributed by atoms with Gasteiger partial charge in [0.1, 0.15) is 6.54 Å². The summed E-state index contributed by atoms with van der Waals surface area (Å²) in [5, 5.41) is 10.7. The molecule has 124 valence electrons. The largest absolute Gasteiger partial charge is 0.465 e. The predicted molar refractivity (Wildman–Crippen MR) is 85.6 cm³/mol. The minimum absolute atomic E-state index is 0.105. The van der Waals surface area contributed by atoms with E-state index in [1.54, 1.807) is 6.92 Å². The molecule has 8 nitrogen and oxygen atoms in total. The van der Waals surface area contributed by atoms with Gasteiger partial charge < -0.3 is 4.74 Å². The molecule has 0 aliphatic heterocycles. The van der Waals surface area contributed by atoms with Crippen molar-refractivity contribution in [2.45, 2.75) is 6.92 Å². The number of esters is 1. The van der Waals surface area contributed by atoms with Gasteiger partial charge in [-0.1, -0.05) is 0 Å². The molecule has 1 heterocycles. The number of nitrogens with zero attached hydrogens (tertiary/aromatic N) is 3. The Hall–Kier alpha value is -3.29. The van der Waals surface area contributed by atoms with Gasteiger partial charge in [-0.15, -0.1) is 0 Å². The van der Waals surface area contributed by atoms with Gasteiger partial charge in [-0.05, 0) is 31.2 Å². The number of amides is 1. The molecule has 2 rings (SSSR count). The Morgan fingerprint density at radius 1 is 1.17 bits per heavy atom. The summed E-state index contributed by atoms with van der Waals surface area (Å²) < 4.78 is 4.89. The number of carbonyl (C=O) groups is 2. The zero-order chi connectivity index (χ0) is 17.5. The van der Waals surface area contributed by atoms with E-state index in [0.717, 1.165) is 0 Å². The number of non-ortho nitro benzene ring substituents is 1. The van der Waals surface area contributed by atoms with Gasteiger partial charge in [-0.3, -0.25) is 29.6 Å². The quantitative estimate of drug-likeness (QED) is 0.457. The van der Waals surface area contributed by atoms with Crippen molar-refractivity contribution in [2.75, 3.05) is 18.1 Å². The molecule has 1 aromatic heterocycles. The number of hydrogen-bond donors (Lipinski definition) is 0. The molecule has 0 fully saturated rings. The molecule has 1 amide bonds. The third-order valence-corrected chi connectivity index (χ3v) is 3.14. The smallest absolute Gasteiger partial charge is 0.326 e. The number of pyridine rings is 1. The van der Waals surface area contributed by atoms with E-state index in [2.05, 4.69) is 4.98 Å². The van der Waals surface area contributed by atoms with Crippen LogP contribution in [0.2, 0.25) is 0 Å². The summed E-state index contributed by atoms with van der Waals surface area (Å²) in [6.45, 7) is 1.56. The predicted octanol–water partition coefficient (Wildman–Crippen LogP) is 2.20. The normalized spacial score (nSPS) is 10.0. The molecule has 0 aliphatic carbocycles. The summed E-state index contributed by atoms with van der Waals surface area (Å²) in [4.78, 5) is 39.7. The van der Waals surface area contributed by atoms with Crippen molar-refractivity contribution in [3.8, 4) is 0 Å². The van der Waals surface area contributed by atoms with Crippen LogP contribution in [0.3, 0.4) is 0 Å². The van der Waals surface area contributed by atoms with E-state index in [0.29, 0.717) is 11.3 Å². The number of carbonyl (C=O) groups excluding carboxylic acids is 2. The minimum Gasteiger partial charge on any atom is -0.465 e. The Morgan fingerprint density at radius 2 is 1.79 bits per heavy atom. The molecule has 24 heavy (non-hydrogen) atoms. The first-order valence-electron chi connectivity index (χ1n) is 7.15. The van der Waals surface area contributed by atoms with E-state index < -0.39 is 16.8 Å². The lowest BCUT2D eigenvalue weighted by molar-refractivity contribution is -0.384. The van der Waals surface area contributed by atoms with E-state index in [1.165, 1.54) is 53.7 Å². The molecule has 0 spiro atoms. The number of rotatable bonds is 6. The molecule has 2 aromatic rings. The van der Waals surface area contributed by atoms with Crippen molar-refractivity contribution in [1.82, 2.24) is 4.98 Å². The van der Waals surface area contributed by atoms with Crippen LogP contribution in [-0.2, 0) is 9.53 Å². The highest BCUT2D eigenvalue weighted by Gasteiger charge is 2.22. The molecule has 0 saturated heterocycles. The third-order valence-electron chi connectivity index (χ3n) is 3.14. The maximum absolute atomic E-state index is 12.7. The second kappa shape index (κ2) is 7.82. The van der Waals surface area contributed by atoms with Crippen molar-refractivity contribution in [1.29, 1.82) is 0 Å². The van der Waals surface area contributed by atoms with E-state index >= 15 is 0 Å². The first kappa shape index (κ1) is 17.1. The molecule has 0 atom stereocenters. The Morgan fingerprint density at radius 3 is 2.33 bits per heavy atom. The summed E-state index contributed by atoms with van der Waals surface area (Å²) in [5.74, 6) is -1.00. The lowest BCUT2D eigenvalue weighted by Crippen LogP contribution is -2.36. The highest BCUT2D eigenvalue weighted by molar-refractivity contribution is 6.08. The van der Waals surface area contributed by atoms with E-state index in [9.17, 15) is 19.7 Å². The highest BCUT2D eigenvalue weighted by Crippen LogP contribution is 2.21. The molecule has 0 radical (unpaired) electrons. The molecule has 0 unspecified atom stereocenters. The molecule has 8 heteroatoms. The summed E-state index contributed by atoms with van der Waals surface area (Å²) in [6, 6.07) is 8.41. The Labute approximate surface area is 137 Å². The van der Waals surface area contributed by atoms with Gasteiger partial charge in [0, 0.05) is 35.8 Å². The number of anilines is 1. The van der Waals surface area contributed by atoms with Gasteiger partial charge in [-0.2, -0.15) is 0 Å². The van der Waals surface area contributed by atoms with Crippen molar-refractivity contribution >= 4 is 23.3 Å². The van der Waals surface area contributed by atoms with E-state index in [4.69, 9.17) is 4.74 Å². The fourth-order valence-corrected chi connectivity index (χ4v) is 2.02. The molecular weight excluding hydrogens is 314 g/mol. The fourth-order valence-electron chi connectivity index (χ4n) is 2.02. The lowest BCUT2D eigenvalue weighted by Gasteiger charge is -2.21. The van der Waals surface area contributed by atoms with Gasteiger partial charge in [0.05, 0.1) is 11.5 Å². The van der Waals surface area contributed by atoms with E-state index in [1.807, 2.05) is 0 Å². The van der Waals surface area contributed by atoms with Crippen LogP contribution in [0.25, 0.3) is 0 Å². The van der Waals surface area contributed by atoms with Crippen molar-refractivity contribution in [3.63, 3.8) is 0 Å². The highest BCUT2D eigenvalue weighted by atomic mass is 16.6. The Bertz CT molecular complexity index is 731. The van der Waals surface area contributed by atoms with Gasteiger partial charge in [0.15, 0.2) is 0 Å². The van der Waals surface area contributed by atoms with Crippen LogP contribution in [0.15, 0.2) is 48.8 Å². The van der Waals surface area contributed by atoms with Crippen LogP contribution < -0.4 is 4.90 Å². The minimum atomic E-state index is -0.571. The summed E-state index contributed by atoms with van der Waals surface area (Å²) >= 11 is 0. The number of hydrogen-bond acceptors (Lipinski definition) is 6. The van der Waals surface area contributed by atoms with Gasteiger partial charge in [0.25, 0.3) is 11.6 Å². The van der Waals surface area contributed by atoms with Gasteiger partial charge >= 0.3 is 5.97 Å². The molecular formula is C16H15N3O5. The molecule has 0 bridgehead atoms. The zero-order valence-electron chi connectivity index (χ0n) is 12.9. The summed E-state index contributed by atoms with van der Waals surface area (Å²) in [6.07, 6.45) is 2.93. The van der Waals surface area contributed by atoms with Crippen LogP contribution in [-0.4, -0.2) is 34.9 Å². The van der Waals surface area contributed by atoms with Crippen LogP contribution in [0.1, 0.15) is 17.3 Å². The standard InChI is InChI=1S/C16H15N3O5/c1-2-24-15(20)11-18(16(21)12-7-9-17-10-8-12)13-3-5-14(6-4-13)19(22)23/h3-10H,2,11H2,1H3. The van der Waals surface area contributed by atoms with Gasteiger partial charge in [0.2, 0.25) is 0 Å². The number of aromatic nitrogens is 1. The lowest BCUT2D eigenvalue weighted by atomic mass is 10.2. The molecule has 0 saturated carbocycles. The monoisotopic (exact) mass is 329 g/mol.